The van der Waals surface area contributed by atoms with Crippen LogP contribution >= 0.6 is 0 Å². The van der Waals surface area contributed by atoms with Gasteiger partial charge in [-0.05, 0) is 37.3 Å². The number of aromatic nitrogens is 1. The second-order valence-corrected chi connectivity index (χ2v) is 7.85. The second-order valence-electron chi connectivity index (χ2n) is 7.85. The van der Waals surface area contributed by atoms with Gasteiger partial charge in [0.05, 0.1) is 29.5 Å². The predicted octanol–water partition coefficient (Wildman–Crippen LogP) is 4.84. The SMILES string of the molecule is C=C(/C(=C1/c2cc(=O)c(C(C)=O)cn2CCN1C)c1ccoc1)C1CC1.CCC. The number of allylic oxidation sites excluding steroid dienone is 2. The lowest BCUT2D eigenvalue weighted by Crippen LogP contribution is -2.33. The van der Waals surface area contributed by atoms with E-state index < -0.39 is 0 Å². The van der Waals surface area contributed by atoms with Crippen molar-refractivity contribution < 1.29 is 9.21 Å². The molecule has 1 fully saturated rings. The summed E-state index contributed by atoms with van der Waals surface area (Å²) in [6, 6.07) is 3.52. The molecule has 0 aromatic carbocycles. The molecule has 1 aliphatic carbocycles. The van der Waals surface area contributed by atoms with Gasteiger partial charge in [-0.15, -0.1) is 0 Å². The van der Waals surface area contributed by atoms with Crippen LogP contribution in [-0.4, -0.2) is 28.8 Å². The number of rotatable bonds is 4. The summed E-state index contributed by atoms with van der Waals surface area (Å²) in [4.78, 5) is 26.4. The van der Waals surface area contributed by atoms with Crippen molar-refractivity contribution in [3.8, 4) is 0 Å². The average molecular weight is 395 g/mol. The van der Waals surface area contributed by atoms with E-state index in [0.29, 0.717) is 5.92 Å². The number of fused-ring (bicyclic) bond motifs is 1. The van der Waals surface area contributed by atoms with Gasteiger partial charge in [-0.25, -0.2) is 0 Å². The lowest BCUT2D eigenvalue weighted by atomic mass is 9.92. The van der Waals surface area contributed by atoms with Gasteiger partial charge in [-0.3, -0.25) is 9.59 Å². The van der Waals surface area contributed by atoms with Gasteiger partial charge in [0.1, 0.15) is 0 Å². The standard InChI is InChI=1S/C21H22N2O3.C3H8/c1-13(15-4-5-15)20(16-6-9-26-12-16)21-18-10-19(25)17(14(2)24)11-23(18)8-7-22(21)3;1-3-2/h6,9-12,15H,1,4-5,7-8H2,2-3H3;3H2,1-2H3/b21-20+;. The predicted molar refractivity (Wildman–Crippen MR) is 117 cm³/mol. The van der Waals surface area contributed by atoms with Crippen molar-refractivity contribution in [3.05, 3.63) is 70.1 Å². The average Bonchev–Trinajstić information content (AvgIpc) is 3.39. The molecule has 154 valence electrons. The van der Waals surface area contributed by atoms with Crippen LogP contribution in [0.5, 0.6) is 0 Å². The molecule has 2 aromatic heterocycles. The fourth-order valence-corrected chi connectivity index (χ4v) is 3.63. The zero-order valence-electron chi connectivity index (χ0n) is 17.8. The van der Waals surface area contributed by atoms with Gasteiger partial charge >= 0.3 is 0 Å². The molecule has 3 heterocycles. The van der Waals surface area contributed by atoms with Gasteiger partial charge in [0.25, 0.3) is 0 Å². The van der Waals surface area contributed by atoms with Gasteiger partial charge in [-0.2, -0.15) is 0 Å². The molecule has 0 spiro atoms. The molecule has 0 bridgehead atoms. The summed E-state index contributed by atoms with van der Waals surface area (Å²) in [6.07, 6.45) is 8.62. The minimum absolute atomic E-state index is 0.202. The highest BCUT2D eigenvalue weighted by molar-refractivity contribution is 5.98. The molecule has 0 N–H and O–H groups in total. The van der Waals surface area contributed by atoms with Crippen LogP contribution in [0.3, 0.4) is 0 Å². The zero-order valence-corrected chi connectivity index (χ0v) is 17.8. The molecular formula is C24H30N2O3. The van der Waals surface area contributed by atoms with Crippen molar-refractivity contribution >= 4 is 17.1 Å². The number of furan rings is 1. The molecular weight excluding hydrogens is 364 g/mol. The Morgan fingerprint density at radius 1 is 1.28 bits per heavy atom. The Hall–Kier alpha value is -2.82. The van der Waals surface area contributed by atoms with Gasteiger partial charge in [0.2, 0.25) is 0 Å². The number of likely N-dealkylation sites (N-methyl/N-ethyl adjacent to an activating group) is 1. The number of hydrogen-bond acceptors (Lipinski definition) is 4. The molecule has 2 aliphatic rings. The molecule has 0 radical (unpaired) electrons. The Kier molecular flexibility index (Phi) is 6.26. The van der Waals surface area contributed by atoms with Crippen molar-refractivity contribution in [1.82, 2.24) is 9.47 Å². The Bertz CT molecular complexity index is 992. The highest BCUT2D eigenvalue weighted by Crippen LogP contribution is 2.45. The van der Waals surface area contributed by atoms with Crippen molar-refractivity contribution in [2.24, 2.45) is 5.92 Å². The van der Waals surface area contributed by atoms with E-state index in [-0.39, 0.29) is 16.8 Å². The van der Waals surface area contributed by atoms with E-state index in [0.717, 1.165) is 54.0 Å². The molecule has 1 aliphatic heterocycles. The maximum Gasteiger partial charge on any atom is 0.193 e. The normalized spacial score (nSPS) is 17.2. The molecule has 4 rings (SSSR count). The third kappa shape index (κ3) is 4.29. The Morgan fingerprint density at radius 3 is 2.52 bits per heavy atom. The van der Waals surface area contributed by atoms with Crippen LogP contribution < -0.4 is 5.43 Å². The number of hydrogen-bond donors (Lipinski definition) is 0. The summed E-state index contributed by atoms with van der Waals surface area (Å²) in [5.74, 6) is 0.284. The van der Waals surface area contributed by atoms with Crippen LogP contribution in [-0.2, 0) is 6.54 Å². The second kappa shape index (κ2) is 8.68. The molecule has 0 atom stereocenters. The number of nitrogens with zero attached hydrogens (tertiary/aromatic N) is 2. The van der Waals surface area contributed by atoms with Crippen molar-refractivity contribution in [2.45, 2.75) is 46.6 Å². The van der Waals surface area contributed by atoms with Crippen LogP contribution in [0.25, 0.3) is 11.3 Å². The summed E-state index contributed by atoms with van der Waals surface area (Å²) < 4.78 is 7.33. The summed E-state index contributed by atoms with van der Waals surface area (Å²) >= 11 is 0. The van der Waals surface area contributed by atoms with Crippen LogP contribution in [0, 0.1) is 5.92 Å². The topological polar surface area (TPSA) is 55.5 Å². The molecule has 1 saturated carbocycles. The number of Topliss-reactive ketones (excluding diaryl/α,β-unsaturated/α-hetero) is 1. The van der Waals surface area contributed by atoms with E-state index in [4.69, 9.17) is 4.42 Å². The molecule has 5 nitrogen and oxygen atoms in total. The monoisotopic (exact) mass is 394 g/mol. The van der Waals surface area contributed by atoms with Crippen molar-refractivity contribution in [2.75, 3.05) is 13.6 Å². The summed E-state index contributed by atoms with van der Waals surface area (Å²) in [7, 11) is 2.03. The summed E-state index contributed by atoms with van der Waals surface area (Å²) in [5.41, 5.74) is 4.90. The minimum atomic E-state index is -0.236. The molecule has 0 unspecified atom stereocenters. The fraction of sp³-hybridized carbons (Fsp3) is 0.417. The van der Waals surface area contributed by atoms with Crippen molar-refractivity contribution in [3.63, 3.8) is 0 Å². The third-order valence-electron chi connectivity index (χ3n) is 5.25. The number of ketones is 1. The molecule has 29 heavy (non-hydrogen) atoms. The first-order chi connectivity index (χ1) is 13.9. The highest BCUT2D eigenvalue weighted by atomic mass is 16.3. The van der Waals surface area contributed by atoms with Gasteiger partial charge in [0.15, 0.2) is 11.2 Å². The van der Waals surface area contributed by atoms with E-state index in [1.807, 2.05) is 17.7 Å². The lowest BCUT2D eigenvalue weighted by Gasteiger charge is -2.34. The molecule has 0 amide bonds. The minimum Gasteiger partial charge on any atom is -0.472 e. The van der Waals surface area contributed by atoms with Crippen LogP contribution in [0.15, 0.2) is 52.2 Å². The summed E-state index contributed by atoms with van der Waals surface area (Å²) in [6.45, 7) is 11.6. The summed E-state index contributed by atoms with van der Waals surface area (Å²) in [5, 5.41) is 0. The first-order valence-corrected chi connectivity index (χ1v) is 10.3. The van der Waals surface area contributed by atoms with E-state index in [9.17, 15) is 9.59 Å². The van der Waals surface area contributed by atoms with Crippen LogP contribution in [0.4, 0.5) is 0 Å². The quantitative estimate of drug-likeness (QED) is 0.696. The van der Waals surface area contributed by atoms with Crippen molar-refractivity contribution in [1.29, 1.82) is 0 Å². The first-order valence-electron chi connectivity index (χ1n) is 10.3. The van der Waals surface area contributed by atoms with E-state index >= 15 is 0 Å². The van der Waals surface area contributed by atoms with E-state index in [1.165, 1.54) is 13.3 Å². The molecule has 5 heteroatoms. The van der Waals surface area contributed by atoms with Crippen LogP contribution in [0.2, 0.25) is 0 Å². The fourth-order valence-electron chi connectivity index (χ4n) is 3.63. The maximum absolute atomic E-state index is 12.5. The van der Waals surface area contributed by atoms with Gasteiger partial charge in [0, 0.05) is 43.5 Å². The lowest BCUT2D eigenvalue weighted by molar-refractivity contribution is 0.101. The molecule has 2 aromatic rings. The smallest absolute Gasteiger partial charge is 0.193 e. The Labute approximate surface area is 172 Å². The van der Waals surface area contributed by atoms with E-state index in [2.05, 4.69) is 25.3 Å². The number of pyridine rings is 1. The Balaban J connectivity index is 0.000000755. The van der Waals surface area contributed by atoms with Crippen LogP contribution in [0.1, 0.15) is 61.6 Å². The van der Waals surface area contributed by atoms with Gasteiger partial charge < -0.3 is 13.9 Å². The van der Waals surface area contributed by atoms with E-state index in [1.54, 1.807) is 24.8 Å². The maximum atomic E-state index is 12.5. The third-order valence-corrected chi connectivity index (χ3v) is 5.25. The number of carbonyl (C=O) groups excluding carboxylic acids is 1. The molecule has 0 saturated heterocycles. The number of carbonyl (C=O) groups is 1. The highest BCUT2D eigenvalue weighted by Gasteiger charge is 2.32. The first kappa shape index (κ1) is 20.9. The van der Waals surface area contributed by atoms with Gasteiger partial charge in [-0.1, -0.05) is 26.8 Å². The Morgan fingerprint density at radius 2 is 1.97 bits per heavy atom. The zero-order chi connectivity index (χ0) is 21.1. The largest absolute Gasteiger partial charge is 0.472 e.